The zero-order chi connectivity index (χ0) is 29.7. The van der Waals surface area contributed by atoms with Crippen LogP contribution in [0.2, 0.25) is 0 Å². The summed E-state index contributed by atoms with van der Waals surface area (Å²) in [4.78, 5) is 36.0. The highest BCUT2D eigenvalue weighted by Crippen LogP contribution is 2.35. The molecule has 3 aromatic heterocycles. The van der Waals surface area contributed by atoms with E-state index < -0.39 is 5.60 Å². The molecule has 0 bridgehead atoms. The molecule has 7 rings (SSSR count). The van der Waals surface area contributed by atoms with Crippen molar-refractivity contribution in [1.82, 2.24) is 34.4 Å². The summed E-state index contributed by atoms with van der Waals surface area (Å²) in [7, 11) is 2.06. The number of H-pyrrole nitrogens is 2. The molecule has 43 heavy (non-hydrogen) atoms. The van der Waals surface area contributed by atoms with Gasteiger partial charge < -0.3 is 19.3 Å². The van der Waals surface area contributed by atoms with Crippen LogP contribution in [0.1, 0.15) is 82.9 Å². The lowest BCUT2D eigenvalue weighted by molar-refractivity contribution is 0.0218. The summed E-state index contributed by atoms with van der Waals surface area (Å²) in [6.45, 7) is 6.34. The van der Waals surface area contributed by atoms with Gasteiger partial charge in [0.1, 0.15) is 23.1 Å². The van der Waals surface area contributed by atoms with E-state index in [1.807, 2.05) is 33.2 Å². The Morgan fingerprint density at radius 2 is 1.51 bits per heavy atom. The fraction of sp³-hybridized carbons (Fsp3) is 0.412. The van der Waals surface area contributed by atoms with Crippen molar-refractivity contribution >= 4 is 17.1 Å². The number of aromatic amines is 2. The fourth-order valence-corrected chi connectivity index (χ4v) is 6.56. The summed E-state index contributed by atoms with van der Waals surface area (Å²) in [5.41, 5.74) is 6.61. The van der Waals surface area contributed by atoms with Crippen molar-refractivity contribution in [3.63, 3.8) is 0 Å². The highest BCUT2D eigenvalue weighted by atomic mass is 16.6. The maximum Gasteiger partial charge on any atom is 0.410 e. The van der Waals surface area contributed by atoms with Crippen LogP contribution in [-0.4, -0.2) is 52.6 Å². The number of fused-ring (bicyclic) bond motifs is 1. The SMILES string of the molecule is Cn1c(-c2ccc(-c3cnc(C4CCCC4)[nH]3)cc2)nc2cc(-c3cnc([C@@H]4CCCN4C(=O)OC(C)(C)C)[nH]3)ccc21. The average Bonchev–Trinajstić information content (AvgIpc) is 3.82. The van der Waals surface area contributed by atoms with E-state index >= 15 is 0 Å². The summed E-state index contributed by atoms with van der Waals surface area (Å²) in [6.07, 6.45) is 10.4. The number of rotatable bonds is 5. The highest BCUT2D eigenvalue weighted by molar-refractivity contribution is 5.85. The molecule has 2 fully saturated rings. The molecular formula is C34H39N7O2. The van der Waals surface area contributed by atoms with Crippen LogP contribution < -0.4 is 0 Å². The molecule has 9 heteroatoms. The zero-order valence-corrected chi connectivity index (χ0v) is 25.4. The molecule has 1 saturated carbocycles. The second-order valence-corrected chi connectivity index (χ2v) is 13.0. The van der Waals surface area contributed by atoms with Crippen molar-refractivity contribution < 1.29 is 9.53 Å². The summed E-state index contributed by atoms with van der Waals surface area (Å²) < 4.78 is 7.78. The molecule has 2 N–H and O–H groups in total. The number of likely N-dealkylation sites (tertiary alicyclic amines) is 1. The molecule has 2 aromatic carbocycles. The van der Waals surface area contributed by atoms with Crippen molar-refractivity contribution in [2.75, 3.05) is 6.54 Å². The first-order valence-electron chi connectivity index (χ1n) is 15.4. The molecule has 5 aromatic rings. The summed E-state index contributed by atoms with van der Waals surface area (Å²) in [5, 5.41) is 0. The minimum Gasteiger partial charge on any atom is -0.444 e. The largest absolute Gasteiger partial charge is 0.444 e. The Kier molecular flexibility index (Phi) is 6.83. The normalized spacial score (nSPS) is 17.8. The predicted octanol–water partition coefficient (Wildman–Crippen LogP) is 7.75. The maximum absolute atomic E-state index is 12.8. The van der Waals surface area contributed by atoms with Crippen LogP contribution in [0.25, 0.3) is 44.9 Å². The Bertz CT molecular complexity index is 1770. The van der Waals surface area contributed by atoms with E-state index in [0.717, 1.165) is 69.4 Å². The first-order valence-corrected chi connectivity index (χ1v) is 15.4. The highest BCUT2D eigenvalue weighted by Gasteiger charge is 2.35. The van der Waals surface area contributed by atoms with Crippen molar-refractivity contribution in [3.05, 3.63) is 66.5 Å². The number of hydrogen-bond donors (Lipinski definition) is 2. The van der Waals surface area contributed by atoms with Crippen LogP contribution in [0.5, 0.6) is 0 Å². The van der Waals surface area contributed by atoms with Gasteiger partial charge in [0.2, 0.25) is 0 Å². The number of carbonyl (C=O) groups is 1. The number of imidazole rings is 3. The van der Waals surface area contributed by atoms with E-state index in [1.54, 1.807) is 4.90 Å². The Balaban J connectivity index is 1.11. The number of benzene rings is 2. The lowest BCUT2D eigenvalue weighted by Gasteiger charge is -2.27. The smallest absolute Gasteiger partial charge is 0.410 e. The molecule has 222 valence electrons. The Hall–Kier alpha value is -4.40. The lowest BCUT2D eigenvalue weighted by atomic mass is 10.1. The van der Waals surface area contributed by atoms with Gasteiger partial charge in [0.05, 0.1) is 40.9 Å². The first-order chi connectivity index (χ1) is 20.7. The number of aromatic nitrogens is 6. The Morgan fingerprint density at radius 1 is 0.860 bits per heavy atom. The molecule has 1 amide bonds. The van der Waals surface area contributed by atoms with E-state index in [4.69, 9.17) is 9.72 Å². The average molecular weight is 578 g/mol. The van der Waals surface area contributed by atoms with Crippen molar-refractivity contribution in [2.45, 2.75) is 76.9 Å². The maximum atomic E-state index is 12.8. The van der Waals surface area contributed by atoms with Gasteiger partial charge in [-0.05, 0) is 64.2 Å². The molecule has 0 radical (unpaired) electrons. The minimum atomic E-state index is -0.532. The second kappa shape index (κ2) is 10.7. The number of ether oxygens (including phenoxy) is 1. The molecule has 1 aliphatic carbocycles. The van der Waals surface area contributed by atoms with Gasteiger partial charge in [-0.2, -0.15) is 0 Å². The van der Waals surface area contributed by atoms with Gasteiger partial charge in [0.25, 0.3) is 0 Å². The summed E-state index contributed by atoms with van der Waals surface area (Å²) in [6, 6.07) is 14.7. The second-order valence-electron chi connectivity index (χ2n) is 13.0. The summed E-state index contributed by atoms with van der Waals surface area (Å²) >= 11 is 0. The van der Waals surface area contributed by atoms with Gasteiger partial charge >= 0.3 is 6.09 Å². The van der Waals surface area contributed by atoms with Crippen LogP contribution in [-0.2, 0) is 11.8 Å². The molecule has 1 aliphatic heterocycles. The van der Waals surface area contributed by atoms with E-state index in [9.17, 15) is 4.79 Å². The number of hydrogen-bond acceptors (Lipinski definition) is 5. The zero-order valence-electron chi connectivity index (χ0n) is 25.4. The molecule has 4 heterocycles. The van der Waals surface area contributed by atoms with Gasteiger partial charge in [-0.3, -0.25) is 4.90 Å². The number of nitrogens with one attached hydrogen (secondary N) is 2. The predicted molar refractivity (Wildman–Crippen MR) is 167 cm³/mol. The third-order valence-corrected chi connectivity index (χ3v) is 8.78. The minimum absolute atomic E-state index is 0.118. The van der Waals surface area contributed by atoms with E-state index in [-0.39, 0.29) is 12.1 Å². The number of carbonyl (C=O) groups excluding carboxylic acids is 1. The fourth-order valence-electron chi connectivity index (χ4n) is 6.56. The molecule has 1 saturated heterocycles. The van der Waals surface area contributed by atoms with Gasteiger partial charge in [-0.25, -0.2) is 19.7 Å². The Labute approximate surface area is 251 Å². The van der Waals surface area contributed by atoms with Crippen molar-refractivity contribution in [2.24, 2.45) is 7.05 Å². The standard InChI is InChI=1S/C34H39N7O2/c1-34(2,3)43-33(42)41-17-7-10-29(41)31-36-20-27(38-31)24-15-16-28-25(18-24)39-32(40(28)4)23-13-11-21(12-14-23)26-19-35-30(37-26)22-8-5-6-9-22/h11-16,18-20,22,29H,5-10,17H2,1-4H3,(H,35,37)(H,36,38)/t29-/m0/s1. The molecular weight excluding hydrogens is 538 g/mol. The molecule has 0 spiro atoms. The number of aryl methyl sites for hydroxylation is 1. The topological polar surface area (TPSA) is 105 Å². The van der Waals surface area contributed by atoms with Crippen LogP contribution >= 0.6 is 0 Å². The van der Waals surface area contributed by atoms with Crippen LogP contribution in [0, 0.1) is 0 Å². The third-order valence-electron chi connectivity index (χ3n) is 8.78. The monoisotopic (exact) mass is 577 g/mol. The quantitative estimate of drug-likeness (QED) is 0.222. The van der Waals surface area contributed by atoms with Crippen LogP contribution in [0.15, 0.2) is 54.9 Å². The Morgan fingerprint density at radius 3 is 2.26 bits per heavy atom. The first kappa shape index (κ1) is 27.4. The van der Waals surface area contributed by atoms with Crippen molar-refractivity contribution in [1.29, 1.82) is 0 Å². The van der Waals surface area contributed by atoms with Gasteiger partial charge in [-0.1, -0.05) is 43.2 Å². The molecule has 0 unspecified atom stereocenters. The van der Waals surface area contributed by atoms with E-state index in [2.05, 4.69) is 74.0 Å². The molecule has 2 aliphatic rings. The number of nitrogens with zero attached hydrogens (tertiary/aromatic N) is 5. The van der Waals surface area contributed by atoms with Crippen LogP contribution in [0.3, 0.4) is 0 Å². The van der Waals surface area contributed by atoms with Gasteiger partial charge in [-0.15, -0.1) is 0 Å². The van der Waals surface area contributed by atoms with Crippen molar-refractivity contribution in [3.8, 4) is 33.9 Å². The lowest BCUT2D eigenvalue weighted by Crippen LogP contribution is -2.36. The number of amides is 1. The molecule has 1 atom stereocenters. The van der Waals surface area contributed by atoms with E-state index in [1.165, 1.54) is 25.7 Å². The van der Waals surface area contributed by atoms with E-state index in [0.29, 0.717) is 12.5 Å². The molecule has 9 nitrogen and oxygen atoms in total. The van der Waals surface area contributed by atoms with Gasteiger partial charge in [0.15, 0.2) is 0 Å². The van der Waals surface area contributed by atoms with Crippen LogP contribution in [0.4, 0.5) is 4.79 Å². The van der Waals surface area contributed by atoms with Gasteiger partial charge in [0, 0.05) is 30.6 Å². The third kappa shape index (κ3) is 5.32. The summed E-state index contributed by atoms with van der Waals surface area (Å²) in [5.74, 6) is 3.39.